The van der Waals surface area contributed by atoms with Gasteiger partial charge in [-0.1, -0.05) is 32.0 Å². The number of nitrogens with zero attached hydrogens (tertiary/aromatic N) is 2. The zero-order valence-corrected chi connectivity index (χ0v) is 19.2. The molecule has 1 unspecified atom stereocenters. The minimum atomic E-state index is -3.64. The van der Waals surface area contributed by atoms with Crippen molar-refractivity contribution in [1.82, 2.24) is 4.31 Å². The van der Waals surface area contributed by atoms with Gasteiger partial charge in [0.05, 0.1) is 16.3 Å². The highest BCUT2D eigenvalue weighted by molar-refractivity contribution is 7.89. The van der Waals surface area contributed by atoms with Crippen molar-refractivity contribution in [2.24, 2.45) is 0 Å². The summed E-state index contributed by atoms with van der Waals surface area (Å²) in [4.78, 5) is 15.2. The third-order valence-corrected chi connectivity index (χ3v) is 7.49. The highest BCUT2D eigenvalue weighted by Crippen LogP contribution is 2.32. The first-order chi connectivity index (χ1) is 14.9. The van der Waals surface area contributed by atoms with E-state index >= 15 is 0 Å². The molecule has 168 valence electrons. The molecule has 1 N–H and O–H groups in total. The standard InChI is InChI=1S/C23H31N3O4S/c1-4-26(5-2)31(28,29)20-13-14-22(25-15-9-10-16-25)21(17-20)24-23(27)18(3)30-19-11-7-6-8-12-19/h6-8,11-14,17-18H,4-5,9-10,15-16H2,1-3H3,(H,24,27). The quantitative estimate of drug-likeness (QED) is 0.636. The molecule has 0 aliphatic carbocycles. The molecule has 0 aromatic heterocycles. The molecule has 0 saturated carbocycles. The molecule has 0 radical (unpaired) electrons. The summed E-state index contributed by atoms with van der Waals surface area (Å²) >= 11 is 0. The van der Waals surface area contributed by atoms with Gasteiger partial charge < -0.3 is 15.0 Å². The summed E-state index contributed by atoms with van der Waals surface area (Å²) in [5, 5.41) is 2.91. The normalized spacial score (nSPS) is 15.2. The van der Waals surface area contributed by atoms with Gasteiger partial charge in [0.15, 0.2) is 6.10 Å². The minimum absolute atomic E-state index is 0.172. The van der Waals surface area contributed by atoms with Crippen LogP contribution in [0.1, 0.15) is 33.6 Å². The predicted molar refractivity (Wildman–Crippen MR) is 123 cm³/mol. The molecule has 8 heteroatoms. The summed E-state index contributed by atoms with van der Waals surface area (Å²) < 4.78 is 33.2. The Balaban J connectivity index is 1.89. The van der Waals surface area contributed by atoms with Gasteiger partial charge in [-0.3, -0.25) is 4.79 Å². The molecule has 0 spiro atoms. The van der Waals surface area contributed by atoms with Crippen LogP contribution >= 0.6 is 0 Å². The molecule has 2 aromatic rings. The van der Waals surface area contributed by atoms with Crippen LogP contribution in [-0.2, 0) is 14.8 Å². The summed E-state index contributed by atoms with van der Waals surface area (Å²) in [6.45, 7) is 7.82. The fourth-order valence-electron chi connectivity index (χ4n) is 3.71. The van der Waals surface area contributed by atoms with Crippen LogP contribution in [0.4, 0.5) is 11.4 Å². The van der Waals surface area contributed by atoms with Crippen LogP contribution in [0.5, 0.6) is 5.75 Å². The van der Waals surface area contributed by atoms with Crippen LogP contribution in [0.15, 0.2) is 53.4 Å². The lowest BCUT2D eigenvalue weighted by molar-refractivity contribution is -0.122. The van der Waals surface area contributed by atoms with E-state index in [1.54, 1.807) is 37.3 Å². The predicted octanol–water partition coefficient (Wildman–Crippen LogP) is 3.72. The van der Waals surface area contributed by atoms with Crippen molar-refractivity contribution < 1.29 is 17.9 Å². The van der Waals surface area contributed by atoms with Crippen molar-refractivity contribution >= 4 is 27.3 Å². The molecule has 1 saturated heterocycles. The highest BCUT2D eigenvalue weighted by Gasteiger charge is 2.26. The molecular formula is C23H31N3O4S. The topological polar surface area (TPSA) is 79.0 Å². The number of hydrogen-bond acceptors (Lipinski definition) is 5. The minimum Gasteiger partial charge on any atom is -0.481 e. The monoisotopic (exact) mass is 445 g/mol. The maximum absolute atomic E-state index is 13.0. The molecular weight excluding hydrogens is 414 g/mol. The Kier molecular flexibility index (Phi) is 7.56. The molecule has 0 bridgehead atoms. The molecule has 1 atom stereocenters. The van der Waals surface area contributed by atoms with Crippen LogP contribution < -0.4 is 15.0 Å². The summed E-state index contributed by atoms with van der Waals surface area (Å²) in [6, 6.07) is 14.1. The van der Waals surface area contributed by atoms with Crippen molar-refractivity contribution in [3.63, 3.8) is 0 Å². The lowest BCUT2D eigenvalue weighted by Crippen LogP contribution is -2.32. The Morgan fingerprint density at radius 2 is 1.74 bits per heavy atom. The van der Waals surface area contributed by atoms with Crippen LogP contribution in [0, 0.1) is 0 Å². The van der Waals surface area contributed by atoms with E-state index in [1.165, 1.54) is 4.31 Å². The van der Waals surface area contributed by atoms with E-state index in [4.69, 9.17) is 4.74 Å². The van der Waals surface area contributed by atoms with Crippen molar-refractivity contribution in [3.8, 4) is 5.75 Å². The lowest BCUT2D eigenvalue weighted by Gasteiger charge is -2.24. The molecule has 1 aliphatic heterocycles. The zero-order valence-electron chi connectivity index (χ0n) is 18.4. The first-order valence-corrected chi connectivity index (χ1v) is 12.2. The van der Waals surface area contributed by atoms with E-state index in [0.717, 1.165) is 31.6 Å². The summed E-state index contributed by atoms with van der Waals surface area (Å²) in [6.07, 6.45) is 1.40. The average molecular weight is 446 g/mol. The van der Waals surface area contributed by atoms with E-state index < -0.39 is 16.1 Å². The van der Waals surface area contributed by atoms with Crippen molar-refractivity contribution in [2.75, 3.05) is 36.4 Å². The van der Waals surface area contributed by atoms with Gasteiger partial charge in [0.25, 0.3) is 5.91 Å². The molecule has 1 heterocycles. The number of hydrogen-bond donors (Lipinski definition) is 1. The second-order valence-electron chi connectivity index (χ2n) is 7.52. The number of amides is 1. The number of carbonyl (C=O) groups excluding carboxylic acids is 1. The van der Waals surface area contributed by atoms with Gasteiger partial charge in [-0.2, -0.15) is 4.31 Å². The Bertz CT molecular complexity index is 985. The van der Waals surface area contributed by atoms with E-state index in [2.05, 4.69) is 10.2 Å². The molecule has 1 amide bonds. The Morgan fingerprint density at radius 3 is 2.35 bits per heavy atom. The van der Waals surface area contributed by atoms with Crippen LogP contribution in [-0.4, -0.2) is 50.9 Å². The largest absolute Gasteiger partial charge is 0.481 e. The maximum atomic E-state index is 13.0. The Labute approximate surface area is 185 Å². The number of anilines is 2. The number of nitrogens with one attached hydrogen (secondary N) is 1. The van der Waals surface area contributed by atoms with Gasteiger partial charge in [-0.25, -0.2) is 8.42 Å². The van der Waals surface area contributed by atoms with Crippen molar-refractivity contribution in [1.29, 1.82) is 0 Å². The maximum Gasteiger partial charge on any atom is 0.265 e. The Hall–Kier alpha value is -2.58. The SMILES string of the molecule is CCN(CC)S(=O)(=O)c1ccc(N2CCCC2)c(NC(=O)C(C)Oc2ccccc2)c1. The van der Waals surface area contributed by atoms with Crippen LogP contribution in [0.2, 0.25) is 0 Å². The summed E-state index contributed by atoms with van der Waals surface area (Å²) in [5.41, 5.74) is 1.32. The number of rotatable bonds is 9. The van der Waals surface area contributed by atoms with E-state index in [-0.39, 0.29) is 10.8 Å². The van der Waals surface area contributed by atoms with Gasteiger partial charge >= 0.3 is 0 Å². The van der Waals surface area contributed by atoms with Gasteiger partial charge in [-0.05, 0) is 50.1 Å². The lowest BCUT2D eigenvalue weighted by atomic mass is 10.2. The van der Waals surface area contributed by atoms with E-state index in [1.807, 2.05) is 32.0 Å². The fraction of sp³-hybridized carbons (Fsp3) is 0.435. The molecule has 2 aromatic carbocycles. The number of carbonyl (C=O) groups is 1. The summed E-state index contributed by atoms with van der Waals surface area (Å²) in [5.74, 6) is 0.268. The van der Waals surface area contributed by atoms with Gasteiger partial charge in [0.2, 0.25) is 10.0 Å². The molecule has 7 nitrogen and oxygen atoms in total. The van der Waals surface area contributed by atoms with Gasteiger partial charge in [0.1, 0.15) is 5.75 Å². The van der Waals surface area contributed by atoms with E-state index in [9.17, 15) is 13.2 Å². The van der Waals surface area contributed by atoms with Crippen molar-refractivity contribution in [3.05, 3.63) is 48.5 Å². The molecule has 1 aliphatic rings. The smallest absolute Gasteiger partial charge is 0.265 e. The summed E-state index contributed by atoms with van der Waals surface area (Å²) in [7, 11) is -3.64. The second kappa shape index (κ2) is 10.2. The molecule has 31 heavy (non-hydrogen) atoms. The molecule has 1 fully saturated rings. The van der Waals surface area contributed by atoms with Gasteiger partial charge in [-0.15, -0.1) is 0 Å². The first kappa shape index (κ1) is 23.1. The van der Waals surface area contributed by atoms with E-state index in [0.29, 0.717) is 24.5 Å². The number of sulfonamides is 1. The van der Waals surface area contributed by atoms with Crippen LogP contribution in [0.25, 0.3) is 0 Å². The number of para-hydroxylation sites is 1. The third-order valence-electron chi connectivity index (χ3n) is 5.44. The van der Waals surface area contributed by atoms with Crippen LogP contribution in [0.3, 0.4) is 0 Å². The zero-order chi connectivity index (χ0) is 22.4. The fourth-order valence-corrected chi connectivity index (χ4v) is 5.20. The third kappa shape index (κ3) is 5.37. The first-order valence-electron chi connectivity index (χ1n) is 10.8. The van der Waals surface area contributed by atoms with Crippen molar-refractivity contribution in [2.45, 2.75) is 44.6 Å². The number of benzene rings is 2. The second-order valence-corrected chi connectivity index (χ2v) is 9.46. The molecule has 3 rings (SSSR count). The van der Waals surface area contributed by atoms with Gasteiger partial charge in [0, 0.05) is 26.2 Å². The average Bonchev–Trinajstić information content (AvgIpc) is 3.29. The number of ether oxygens (including phenoxy) is 1. The Morgan fingerprint density at radius 1 is 1.10 bits per heavy atom. The highest BCUT2D eigenvalue weighted by atomic mass is 32.2.